The molecule has 0 spiro atoms. The summed E-state index contributed by atoms with van der Waals surface area (Å²) in [5, 5.41) is 12.8. The van der Waals surface area contributed by atoms with Gasteiger partial charge in [-0.25, -0.2) is 14.8 Å². The molecule has 176 valence electrons. The Morgan fingerprint density at radius 1 is 1.30 bits per heavy atom. The van der Waals surface area contributed by atoms with E-state index in [1.54, 1.807) is 30.3 Å². The van der Waals surface area contributed by atoms with E-state index in [4.69, 9.17) is 10.5 Å². The number of hydrogen-bond donors (Lipinski definition) is 4. The fourth-order valence-corrected chi connectivity index (χ4v) is 3.41. The Hall–Kier alpha value is -3.85. The number of hydrogen-bond acceptors (Lipinski definition) is 6. The Bertz CT molecular complexity index is 1200. The van der Waals surface area contributed by atoms with Crippen LogP contribution < -0.4 is 15.8 Å². The van der Waals surface area contributed by atoms with Crippen LogP contribution in [0.3, 0.4) is 0 Å². The molecule has 33 heavy (non-hydrogen) atoms. The smallest absolute Gasteiger partial charge is 0.339 e. The van der Waals surface area contributed by atoms with Crippen molar-refractivity contribution in [3.8, 4) is 11.6 Å². The maximum atomic E-state index is 11.8. The third-order valence-corrected chi connectivity index (χ3v) is 4.99. The minimum Gasteiger partial charge on any atom is -0.496 e. The maximum Gasteiger partial charge on any atom is 0.339 e. The van der Waals surface area contributed by atoms with Gasteiger partial charge < -0.3 is 25.9 Å². The second-order valence-electron chi connectivity index (χ2n) is 6.87. The highest BCUT2D eigenvalue weighted by Crippen LogP contribution is 2.28. The van der Waals surface area contributed by atoms with Crippen LogP contribution in [-0.4, -0.2) is 44.2 Å². The highest BCUT2D eigenvalue weighted by Gasteiger charge is 2.19. The first-order chi connectivity index (χ1) is 15.5. The van der Waals surface area contributed by atoms with Crippen LogP contribution in [-0.2, 0) is 0 Å². The van der Waals surface area contributed by atoms with Crippen LogP contribution >= 0.6 is 0 Å². The molecular weight excluding hydrogens is 420 g/mol. The number of carboxylic acid groups (broad SMARTS) is 1. The number of rotatable bonds is 7. The van der Waals surface area contributed by atoms with Gasteiger partial charge >= 0.3 is 5.97 Å². The quantitative estimate of drug-likeness (QED) is 0.324. The number of methoxy groups -OCH3 is 1. The zero-order valence-electron chi connectivity index (χ0n) is 18.6. The molecular formula is C24H32N6O3. The molecule has 0 aliphatic rings. The van der Waals surface area contributed by atoms with Gasteiger partial charge in [-0.15, -0.1) is 0 Å². The van der Waals surface area contributed by atoms with Crippen LogP contribution in [0.5, 0.6) is 5.75 Å². The minimum atomic E-state index is -1.07. The van der Waals surface area contributed by atoms with E-state index in [0.29, 0.717) is 5.82 Å². The predicted octanol–water partition coefficient (Wildman–Crippen LogP) is 4.54. The van der Waals surface area contributed by atoms with Crippen molar-refractivity contribution in [1.29, 1.82) is 0 Å². The van der Waals surface area contributed by atoms with Crippen molar-refractivity contribution in [1.82, 2.24) is 19.5 Å². The standard InChI is InChI=1S/C21H22N6O3.C2H6.CH4/c1-12-7-15-17(8-18(12)30-2)27(11-24-15)19-4-3-14(21(28)29)20(26-19)25-16(9-22)13-5-6-23-10-13;1-2;/h3-8,10-11,16,23H,9,22H2,1-2H3,(H,25,26)(H,28,29);1-2H3;1H4. The Kier molecular flexibility index (Phi) is 8.58. The number of aromatic amines is 1. The summed E-state index contributed by atoms with van der Waals surface area (Å²) in [5.74, 6) is 0.424. The molecule has 0 aliphatic heterocycles. The molecule has 0 saturated carbocycles. The van der Waals surface area contributed by atoms with E-state index in [9.17, 15) is 9.90 Å². The van der Waals surface area contributed by atoms with Gasteiger partial charge in [-0.05, 0) is 42.3 Å². The van der Waals surface area contributed by atoms with Crippen LogP contribution in [0, 0.1) is 6.92 Å². The molecule has 1 atom stereocenters. The highest BCUT2D eigenvalue weighted by atomic mass is 16.5. The molecule has 1 unspecified atom stereocenters. The van der Waals surface area contributed by atoms with E-state index in [0.717, 1.165) is 27.9 Å². The molecule has 4 aromatic rings. The second-order valence-corrected chi connectivity index (χ2v) is 6.87. The van der Waals surface area contributed by atoms with Gasteiger partial charge in [0.25, 0.3) is 0 Å². The van der Waals surface area contributed by atoms with Crippen molar-refractivity contribution in [2.45, 2.75) is 34.2 Å². The number of H-pyrrole nitrogens is 1. The fourth-order valence-electron chi connectivity index (χ4n) is 3.41. The number of carboxylic acids is 1. The summed E-state index contributed by atoms with van der Waals surface area (Å²) in [5.41, 5.74) is 9.45. The molecule has 0 radical (unpaired) electrons. The van der Waals surface area contributed by atoms with Crippen molar-refractivity contribution in [3.63, 3.8) is 0 Å². The van der Waals surface area contributed by atoms with E-state index >= 15 is 0 Å². The van der Waals surface area contributed by atoms with Crippen LogP contribution in [0.15, 0.2) is 49.1 Å². The van der Waals surface area contributed by atoms with E-state index < -0.39 is 5.97 Å². The average Bonchev–Trinajstić information content (AvgIpc) is 3.48. The summed E-state index contributed by atoms with van der Waals surface area (Å²) in [6, 6.07) is 8.59. The van der Waals surface area contributed by atoms with Crippen LogP contribution in [0.4, 0.5) is 5.82 Å². The number of nitrogens with zero attached hydrogens (tertiary/aromatic N) is 3. The predicted molar refractivity (Wildman–Crippen MR) is 131 cm³/mol. The van der Waals surface area contributed by atoms with Gasteiger partial charge in [-0.2, -0.15) is 0 Å². The SMILES string of the molecule is C.CC.COc1cc2c(cc1C)ncn2-c1ccc(C(=O)O)c(NC(CN)c2cc[nH]c2)n1. The summed E-state index contributed by atoms with van der Waals surface area (Å²) in [4.78, 5) is 23.8. The number of aromatic nitrogens is 4. The molecule has 4 rings (SSSR count). The molecule has 0 saturated heterocycles. The number of ether oxygens (including phenoxy) is 1. The topological polar surface area (TPSA) is 131 Å². The summed E-state index contributed by atoms with van der Waals surface area (Å²) >= 11 is 0. The Morgan fingerprint density at radius 3 is 2.67 bits per heavy atom. The first-order valence-corrected chi connectivity index (χ1v) is 10.4. The van der Waals surface area contributed by atoms with Crippen LogP contribution in [0.25, 0.3) is 16.9 Å². The molecule has 0 fully saturated rings. The lowest BCUT2D eigenvalue weighted by Crippen LogP contribution is -2.22. The lowest BCUT2D eigenvalue weighted by atomic mass is 10.1. The number of carbonyl (C=O) groups is 1. The number of aromatic carboxylic acids is 1. The number of aryl methyl sites for hydroxylation is 1. The van der Waals surface area contributed by atoms with E-state index in [1.807, 2.05) is 45.2 Å². The van der Waals surface area contributed by atoms with Crippen LogP contribution in [0.1, 0.15) is 48.8 Å². The Labute approximate surface area is 193 Å². The number of pyridine rings is 1. The molecule has 0 amide bonds. The molecule has 0 bridgehead atoms. The fraction of sp³-hybridized carbons (Fsp3) is 0.292. The largest absolute Gasteiger partial charge is 0.496 e. The van der Waals surface area contributed by atoms with Crippen molar-refractivity contribution in [2.75, 3.05) is 19.0 Å². The lowest BCUT2D eigenvalue weighted by molar-refractivity contribution is 0.0697. The van der Waals surface area contributed by atoms with Gasteiger partial charge in [-0.1, -0.05) is 21.3 Å². The zero-order chi connectivity index (χ0) is 23.3. The van der Waals surface area contributed by atoms with Crippen LogP contribution in [0.2, 0.25) is 0 Å². The summed E-state index contributed by atoms with van der Waals surface area (Å²) in [7, 11) is 1.62. The molecule has 0 aliphatic carbocycles. The number of anilines is 1. The lowest BCUT2D eigenvalue weighted by Gasteiger charge is -2.18. The van der Waals surface area contributed by atoms with Crippen molar-refractivity contribution < 1.29 is 14.6 Å². The van der Waals surface area contributed by atoms with E-state index in [-0.39, 0.29) is 31.4 Å². The molecule has 9 heteroatoms. The van der Waals surface area contributed by atoms with Gasteiger partial charge in [0.15, 0.2) is 0 Å². The van der Waals surface area contributed by atoms with Gasteiger partial charge in [0.2, 0.25) is 0 Å². The Morgan fingerprint density at radius 2 is 2.06 bits per heavy atom. The first-order valence-electron chi connectivity index (χ1n) is 10.4. The van der Waals surface area contributed by atoms with Crippen molar-refractivity contribution in [2.24, 2.45) is 5.73 Å². The third-order valence-electron chi connectivity index (χ3n) is 4.99. The van der Waals surface area contributed by atoms with Gasteiger partial charge in [0, 0.05) is 25.0 Å². The molecule has 1 aromatic carbocycles. The summed E-state index contributed by atoms with van der Waals surface area (Å²) in [6.45, 7) is 6.22. The average molecular weight is 453 g/mol. The second kappa shape index (κ2) is 11.1. The van der Waals surface area contributed by atoms with Gasteiger partial charge in [-0.3, -0.25) is 4.57 Å². The number of nitrogens with two attached hydrogens (primary N) is 1. The molecule has 3 aromatic heterocycles. The van der Waals surface area contributed by atoms with E-state index in [2.05, 4.69) is 20.3 Å². The van der Waals surface area contributed by atoms with Crippen molar-refractivity contribution in [3.05, 3.63) is 65.7 Å². The first kappa shape index (κ1) is 25.4. The number of benzene rings is 1. The monoisotopic (exact) mass is 452 g/mol. The summed E-state index contributed by atoms with van der Waals surface area (Å²) < 4.78 is 7.22. The maximum absolute atomic E-state index is 11.8. The van der Waals surface area contributed by atoms with Crippen molar-refractivity contribution >= 4 is 22.8 Å². The number of nitrogens with one attached hydrogen (secondary N) is 2. The van der Waals surface area contributed by atoms with E-state index in [1.165, 1.54) is 6.07 Å². The molecule has 5 N–H and O–H groups in total. The summed E-state index contributed by atoms with van der Waals surface area (Å²) in [6.07, 6.45) is 5.25. The third kappa shape index (κ3) is 5.15. The normalized spacial score (nSPS) is 11.2. The molecule has 3 heterocycles. The Balaban J connectivity index is 0.00000125. The zero-order valence-corrected chi connectivity index (χ0v) is 18.6. The minimum absolute atomic E-state index is 0. The van der Waals surface area contributed by atoms with Gasteiger partial charge in [0.05, 0.1) is 24.2 Å². The highest BCUT2D eigenvalue weighted by molar-refractivity contribution is 5.93. The van der Waals surface area contributed by atoms with Gasteiger partial charge in [0.1, 0.15) is 29.3 Å². The number of imidazole rings is 1. The number of fused-ring (bicyclic) bond motifs is 1. The molecule has 9 nitrogen and oxygen atoms in total.